The lowest BCUT2D eigenvalue weighted by molar-refractivity contribution is -0.140. The van der Waals surface area contributed by atoms with Gasteiger partial charge in [-0.3, -0.25) is 14.6 Å². The van der Waals surface area contributed by atoms with Gasteiger partial charge in [0.1, 0.15) is 11.5 Å². The molecule has 37 heavy (non-hydrogen) atoms. The van der Waals surface area contributed by atoms with Crippen LogP contribution in [-0.2, 0) is 16.1 Å². The summed E-state index contributed by atoms with van der Waals surface area (Å²) in [6, 6.07) is 12.1. The first-order chi connectivity index (χ1) is 17.8. The van der Waals surface area contributed by atoms with Gasteiger partial charge in [-0.15, -0.1) is 0 Å². The van der Waals surface area contributed by atoms with Crippen molar-refractivity contribution in [1.29, 1.82) is 0 Å². The zero-order valence-corrected chi connectivity index (χ0v) is 21.4. The Hall–Kier alpha value is -4.24. The molecule has 2 aromatic carbocycles. The largest absolute Gasteiger partial charge is 0.507 e. The Balaban J connectivity index is 1.96. The van der Waals surface area contributed by atoms with Crippen LogP contribution < -0.4 is 18.9 Å². The molecule has 0 saturated carbocycles. The number of Topliss-reactive ketones (excluding diaryl/α,β-unsaturated/α-hetero) is 1. The van der Waals surface area contributed by atoms with E-state index in [1.54, 1.807) is 42.6 Å². The maximum Gasteiger partial charge on any atom is 0.296 e. The van der Waals surface area contributed by atoms with Crippen LogP contribution in [0.2, 0.25) is 5.02 Å². The van der Waals surface area contributed by atoms with Crippen LogP contribution >= 0.6 is 11.6 Å². The molecule has 192 valence electrons. The van der Waals surface area contributed by atoms with E-state index in [9.17, 15) is 14.7 Å². The average Bonchev–Trinajstić information content (AvgIpc) is 3.17. The lowest BCUT2D eigenvalue weighted by Crippen LogP contribution is -2.29. The number of aromatic nitrogens is 1. The predicted molar refractivity (Wildman–Crippen MR) is 136 cm³/mol. The van der Waals surface area contributed by atoms with Gasteiger partial charge in [-0.25, -0.2) is 0 Å². The molecule has 9 nitrogen and oxygen atoms in total. The molecule has 1 N–H and O–H groups in total. The molecular weight excluding hydrogens is 500 g/mol. The number of carbonyl (C=O) groups is 2. The minimum atomic E-state index is -0.989. The summed E-state index contributed by atoms with van der Waals surface area (Å²) >= 11 is 6.15. The van der Waals surface area contributed by atoms with Crippen molar-refractivity contribution in [1.82, 2.24) is 9.88 Å². The van der Waals surface area contributed by atoms with E-state index >= 15 is 0 Å². The number of aliphatic hydroxyl groups excluding tert-OH is 1. The van der Waals surface area contributed by atoms with Gasteiger partial charge >= 0.3 is 0 Å². The standard InChI is InChI=1S/C27H25ClN2O7/c1-34-19-11-15(8-9-18(19)28)24(31)22-23(16-12-20(35-2)26(37-4)21(13-16)36-3)30(27(33)25(22)32)14-17-7-5-6-10-29-17/h5-13,23,31H,14H2,1-4H3/b24-22+. The number of hydrogen-bond acceptors (Lipinski definition) is 8. The van der Waals surface area contributed by atoms with E-state index in [0.717, 1.165) is 0 Å². The summed E-state index contributed by atoms with van der Waals surface area (Å²) < 4.78 is 21.7. The van der Waals surface area contributed by atoms with Crippen LogP contribution in [0.25, 0.3) is 5.76 Å². The molecule has 0 bridgehead atoms. The highest BCUT2D eigenvalue weighted by molar-refractivity contribution is 6.46. The molecule has 1 unspecified atom stereocenters. The first-order valence-electron chi connectivity index (χ1n) is 11.2. The van der Waals surface area contributed by atoms with Gasteiger partial charge in [0.25, 0.3) is 11.7 Å². The van der Waals surface area contributed by atoms with Gasteiger partial charge in [-0.2, -0.15) is 0 Å². The number of carbonyl (C=O) groups excluding carboxylic acids is 2. The van der Waals surface area contributed by atoms with Crippen LogP contribution in [0.4, 0.5) is 0 Å². The zero-order valence-electron chi connectivity index (χ0n) is 20.6. The highest BCUT2D eigenvalue weighted by Crippen LogP contribution is 2.46. The van der Waals surface area contributed by atoms with E-state index in [-0.39, 0.29) is 23.4 Å². The van der Waals surface area contributed by atoms with E-state index in [0.29, 0.717) is 39.3 Å². The number of aliphatic hydroxyl groups is 1. The molecule has 3 aromatic rings. The van der Waals surface area contributed by atoms with Gasteiger partial charge in [0, 0.05) is 11.8 Å². The number of ether oxygens (including phenoxy) is 4. The van der Waals surface area contributed by atoms with Crippen LogP contribution in [0, 0.1) is 0 Å². The van der Waals surface area contributed by atoms with Crippen molar-refractivity contribution in [3.8, 4) is 23.0 Å². The Morgan fingerprint density at radius 2 is 1.62 bits per heavy atom. The maximum atomic E-state index is 13.4. The number of amides is 1. The van der Waals surface area contributed by atoms with Crippen molar-refractivity contribution in [3.63, 3.8) is 0 Å². The molecule has 0 radical (unpaired) electrons. The Kier molecular flexibility index (Phi) is 7.54. The summed E-state index contributed by atoms with van der Waals surface area (Å²) in [4.78, 5) is 32.4. The second-order valence-corrected chi connectivity index (χ2v) is 8.46. The molecule has 1 aliphatic heterocycles. The van der Waals surface area contributed by atoms with Crippen LogP contribution in [0.15, 0.2) is 60.3 Å². The van der Waals surface area contributed by atoms with Gasteiger partial charge in [0.15, 0.2) is 11.5 Å². The molecule has 10 heteroatoms. The van der Waals surface area contributed by atoms with Crippen molar-refractivity contribution in [3.05, 3.63) is 82.1 Å². The van der Waals surface area contributed by atoms with Crippen molar-refractivity contribution < 1.29 is 33.6 Å². The predicted octanol–water partition coefficient (Wildman–Crippen LogP) is 4.39. The lowest BCUT2D eigenvalue weighted by atomic mass is 9.94. The lowest BCUT2D eigenvalue weighted by Gasteiger charge is -2.26. The molecule has 4 rings (SSSR count). The smallest absolute Gasteiger partial charge is 0.296 e. The number of ketones is 1. The van der Waals surface area contributed by atoms with E-state index in [1.165, 1.54) is 45.5 Å². The molecule has 1 aliphatic rings. The maximum absolute atomic E-state index is 13.4. The second-order valence-electron chi connectivity index (χ2n) is 8.06. The van der Waals surface area contributed by atoms with Crippen LogP contribution in [0.5, 0.6) is 23.0 Å². The normalized spacial score (nSPS) is 16.6. The summed E-state index contributed by atoms with van der Waals surface area (Å²) in [5.41, 5.74) is 1.18. The van der Waals surface area contributed by atoms with Crippen molar-refractivity contribution >= 4 is 29.1 Å². The number of methoxy groups -OCH3 is 4. The second kappa shape index (κ2) is 10.8. The van der Waals surface area contributed by atoms with E-state index in [1.807, 2.05) is 0 Å². The number of rotatable bonds is 8. The average molecular weight is 525 g/mol. The third-order valence-electron chi connectivity index (χ3n) is 6.03. The molecule has 1 fully saturated rings. The van der Waals surface area contributed by atoms with Crippen LogP contribution in [-0.4, -0.2) is 55.1 Å². The number of nitrogens with zero attached hydrogens (tertiary/aromatic N) is 2. The third kappa shape index (κ3) is 4.77. The van der Waals surface area contributed by atoms with Gasteiger partial charge in [-0.1, -0.05) is 17.7 Å². The quantitative estimate of drug-likeness (QED) is 0.262. The number of benzene rings is 2. The first kappa shape index (κ1) is 25.8. The molecule has 2 heterocycles. The SMILES string of the molecule is COc1cc(/C(O)=C2\C(=O)C(=O)N(Cc3ccccn3)C2c2cc(OC)c(OC)c(OC)c2)ccc1Cl. The van der Waals surface area contributed by atoms with Gasteiger partial charge in [0.2, 0.25) is 5.75 Å². The zero-order chi connectivity index (χ0) is 26.7. The molecule has 0 spiro atoms. The number of pyridine rings is 1. The molecule has 1 amide bonds. The summed E-state index contributed by atoms with van der Waals surface area (Å²) in [6.07, 6.45) is 1.60. The van der Waals surface area contributed by atoms with E-state index in [4.69, 9.17) is 30.5 Å². The monoisotopic (exact) mass is 524 g/mol. The topological polar surface area (TPSA) is 107 Å². The van der Waals surface area contributed by atoms with Gasteiger partial charge in [-0.05, 0) is 48.0 Å². The van der Waals surface area contributed by atoms with Crippen LogP contribution in [0.1, 0.15) is 22.9 Å². The number of likely N-dealkylation sites (tertiary alicyclic amines) is 1. The number of hydrogen-bond donors (Lipinski definition) is 1. The molecule has 0 aliphatic carbocycles. The van der Waals surface area contributed by atoms with Gasteiger partial charge in [0.05, 0.1) is 57.3 Å². The highest BCUT2D eigenvalue weighted by Gasteiger charge is 2.46. The first-order valence-corrected chi connectivity index (χ1v) is 11.5. The molecule has 1 atom stereocenters. The summed E-state index contributed by atoms with van der Waals surface area (Å²) in [7, 11) is 5.84. The van der Waals surface area contributed by atoms with Crippen molar-refractivity contribution in [2.24, 2.45) is 0 Å². The Morgan fingerprint density at radius 3 is 2.19 bits per heavy atom. The fraction of sp³-hybridized carbons (Fsp3) is 0.222. The van der Waals surface area contributed by atoms with Gasteiger partial charge < -0.3 is 29.0 Å². The molecule has 1 saturated heterocycles. The fourth-order valence-electron chi connectivity index (χ4n) is 4.28. The van der Waals surface area contributed by atoms with Crippen molar-refractivity contribution in [2.75, 3.05) is 28.4 Å². The van der Waals surface area contributed by atoms with Crippen molar-refractivity contribution in [2.45, 2.75) is 12.6 Å². The van der Waals surface area contributed by atoms with Crippen LogP contribution in [0.3, 0.4) is 0 Å². The van der Waals surface area contributed by atoms with E-state index in [2.05, 4.69) is 4.98 Å². The minimum absolute atomic E-state index is 0.0213. The van der Waals surface area contributed by atoms with E-state index < -0.39 is 17.7 Å². The summed E-state index contributed by atoms with van der Waals surface area (Å²) in [6.45, 7) is 0.0213. The highest BCUT2D eigenvalue weighted by atomic mass is 35.5. The summed E-state index contributed by atoms with van der Waals surface area (Å²) in [5.74, 6) is -0.707. The third-order valence-corrected chi connectivity index (χ3v) is 6.34. The Morgan fingerprint density at radius 1 is 0.946 bits per heavy atom. The molecular formula is C27H25ClN2O7. The summed E-state index contributed by atoms with van der Waals surface area (Å²) in [5, 5.41) is 11.7. The fourth-order valence-corrected chi connectivity index (χ4v) is 4.47. The number of halogens is 1. The molecule has 1 aromatic heterocycles. The minimum Gasteiger partial charge on any atom is -0.507 e. The Bertz CT molecular complexity index is 1350. The Labute approximate surface area is 218 Å².